The molecule has 1 heterocycles. The molecule has 0 unspecified atom stereocenters. The number of rotatable bonds is 4. The van der Waals surface area contributed by atoms with Crippen molar-refractivity contribution in [2.24, 2.45) is 0 Å². The quantitative estimate of drug-likeness (QED) is 0.799. The smallest absolute Gasteiger partial charge is 0.358 e. The predicted molar refractivity (Wildman–Crippen MR) is 73.2 cm³/mol. The molecule has 0 bridgehead atoms. The Morgan fingerprint density at radius 2 is 2.25 bits per heavy atom. The molecule has 0 aliphatic carbocycles. The van der Waals surface area contributed by atoms with Crippen LogP contribution < -0.4 is 0 Å². The second kappa shape index (κ2) is 6.02. The Morgan fingerprint density at radius 1 is 1.45 bits per heavy atom. The summed E-state index contributed by atoms with van der Waals surface area (Å²) < 4.78 is 6.65. The van der Waals surface area contributed by atoms with Crippen molar-refractivity contribution in [3.63, 3.8) is 0 Å². The monoisotopic (exact) mass is 269 g/mol. The van der Waals surface area contributed by atoms with Gasteiger partial charge in [-0.1, -0.05) is 12.1 Å². The first-order valence-electron chi connectivity index (χ1n) is 6.34. The number of nitriles is 1. The molecule has 0 saturated heterocycles. The van der Waals surface area contributed by atoms with E-state index in [-0.39, 0.29) is 0 Å². The van der Waals surface area contributed by atoms with Gasteiger partial charge in [-0.25, -0.2) is 4.79 Å². The Balaban J connectivity index is 2.21. The molecule has 0 fully saturated rings. The van der Waals surface area contributed by atoms with Crippen LogP contribution in [0.4, 0.5) is 0 Å². The van der Waals surface area contributed by atoms with Gasteiger partial charge in [0.25, 0.3) is 0 Å². The van der Waals surface area contributed by atoms with Crippen molar-refractivity contribution < 1.29 is 9.53 Å². The van der Waals surface area contributed by atoms with Gasteiger partial charge in [-0.3, -0.25) is 4.68 Å². The number of benzene rings is 1. The van der Waals surface area contributed by atoms with Crippen molar-refractivity contribution in [3.05, 3.63) is 52.8 Å². The first kappa shape index (κ1) is 13.8. The lowest BCUT2D eigenvalue weighted by atomic mass is 10.1. The van der Waals surface area contributed by atoms with Crippen LogP contribution in [0.2, 0.25) is 0 Å². The van der Waals surface area contributed by atoms with Crippen LogP contribution in [0.1, 0.15) is 34.2 Å². The SMILES string of the molecule is CCOC(=O)c1cc(C)n(Cc2cccc(C#N)c2)n1. The number of hydrogen-bond donors (Lipinski definition) is 0. The summed E-state index contributed by atoms with van der Waals surface area (Å²) in [4.78, 5) is 11.6. The summed E-state index contributed by atoms with van der Waals surface area (Å²) in [6, 6.07) is 11.1. The minimum Gasteiger partial charge on any atom is -0.461 e. The average molecular weight is 269 g/mol. The number of aromatic nitrogens is 2. The molecule has 2 aromatic rings. The van der Waals surface area contributed by atoms with E-state index < -0.39 is 5.97 Å². The van der Waals surface area contributed by atoms with Gasteiger partial charge in [0, 0.05) is 5.69 Å². The van der Waals surface area contributed by atoms with Crippen LogP contribution >= 0.6 is 0 Å². The van der Waals surface area contributed by atoms with Crippen LogP contribution in [0.25, 0.3) is 0 Å². The molecule has 0 radical (unpaired) electrons. The molecule has 0 aliphatic heterocycles. The second-order valence-corrected chi connectivity index (χ2v) is 4.36. The Bertz CT molecular complexity index is 668. The van der Waals surface area contributed by atoms with E-state index in [9.17, 15) is 4.79 Å². The molecular weight excluding hydrogens is 254 g/mol. The standard InChI is InChI=1S/C15H15N3O2/c1-3-20-15(19)14-7-11(2)18(17-14)10-13-6-4-5-12(8-13)9-16/h4-8H,3,10H2,1-2H3. The molecule has 2 rings (SSSR count). The third kappa shape index (κ3) is 3.04. The molecular formula is C15H15N3O2. The molecule has 0 N–H and O–H groups in total. The normalized spacial score (nSPS) is 10.1. The first-order valence-corrected chi connectivity index (χ1v) is 6.34. The number of esters is 1. The summed E-state index contributed by atoms with van der Waals surface area (Å²) >= 11 is 0. The van der Waals surface area contributed by atoms with Crippen molar-refractivity contribution in [1.29, 1.82) is 5.26 Å². The highest BCUT2D eigenvalue weighted by molar-refractivity contribution is 5.87. The summed E-state index contributed by atoms with van der Waals surface area (Å²) in [5.74, 6) is -0.417. The predicted octanol–water partition coefficient (Wildman–Crippen LogP) is 2.29. The molecule has 0 amide bonds. The van der Waals surface area contributed by atoms with E-state index in [1.165, 1.54) is 0 Å². The number of ether oxygens (including phenoxy) is 1. The van der Waals surface area contributed by atoms with E-state index in [1.54, 1.807) is 23.7 Å². The summed E-state index contributed by atoms with van der Waals surface area (Å²) in [5, 5.41) is 13.1. The molecule has 102 valence electrons. The summed E-state index contributed by atoms with van der Waals surface area (Å²) in [7, 11) is 0. The highest BCUT2D eigenvalue weighted by Crippen LogP contribution is 2.10. The fourth-order valence-electron chi connectivity index (χ4n) is 1.89. The molecule has 0 atom stereocenters. The van der Waals surface area contributed by atoms with Gasteiger partial charge in [0.1, 0.15) is 0 Å². The first-order chi connectivity index (χ1) is 9.63. The van der Waals surface area contributed by atoms with Crippen molar-refractivity contribution in [2.45, 2.75) is 20.4 Å². The molecule has 1 aromatic carbocycles. The van der Waals surface area contributed by atoms with Gasteiger partial charge >= 0.3 is 5.97 Å². The molecule has 0 spiro atoms. The van der Waals surface area contributed by atoms with Crippen molar-refractivity contribution >= 4 is 5.97 Å². The third-order valence-corrected chi connectivity index (χ3v) is 2.85. The summed E-state index contributed by atoms with van der Waals surface area (Å²) in [5.41, 5.74) is 2.75. The minimum absolute atomic E-state index is 0.306. The van der Waals surface area contributed by atoms with E-state index >= 15 is 0 Å². The van der Waals surface area contributed by atoms with Crippen molar-refractivity contribution in [2.75, 3.05) is 6.61 Å². The molecule has 5 heteroatoms. The van der Waals surface area contributed by atoms with Crippen molar-refractivity contribution in [3.8, 4) is 6.07 Å². The Labute approximate surface area is 117 Å². The highest BCUT2D eigenvalue weighted by atomic mass is 16.5. The van der Waals surface area contributed by atoms with E-state index in [2.05, 4.69) is 11.2 Å². The maximum absolute atomic E-state index is 11.6. The number of carbonyl (C=O) groups excluding carboxylic acids is 1. The van der Waals surface area contributed by atoms with Crippen LogP contribution in [-0.2, 0) is 11.3 Å². The van der Waals surface area contributed by atoms with Gasteiger partial charge in [-0.05, 0) is 37.6 Å². The highest BCUT2D eigenvalue weighted by Gasteiger charge is 2.13. The fourth-order valence-corrected chi connectivity index (χ4v) is 1.89. The molecule has 20 heavy (non-hydrogen) atoms. The van der Waals surface area contributed by atoms with E-state index in [0.717, 1.165) is 11.3 Å². The molecule has 0 saturated carbocycles. The number of aryl methyl sites for hydroxylation is 1. The molecule has 1 aromatic heterocycles. The number of hydrogen-bond acceptors (Lipinski definition) is 4. The second-order valence-electron chi connectivity index (χ2n) is 4.36. The van der Waals surface area contributed by atoms with Gasteiger partial charge in [0.05, 0.1) is 24.8 Å². The van der Waals surface area contributed by atoms with Gasteiger partial charge < -0.3 is 4.74 Å². The summed E-state index contributed by atoms with van der Waals surface area (Å²) in [6.45, 7) is 4.48. The van der Waals surface area contributed by atoms with Crippen LogP contribution in [0.3, 0.4) is 0 Å². The molecule has 5 nitrogen and oxygen atoms in total. The van der Waals surface area contributed by atoms with Crippen LogP contribution in [0.5, 0.6) is 0 Å². The average Bonchev–Trinajstić information content (AvgIpc) is 2.81. The Kier molecular flexibility index (Phi) is 4.16. The Hall–Kier alpha value is -2.61. The van der Waals surface area contributed by atoms with Crippen LogP contribution in [0.15, 0.2) is 30.3 Å². The lowest BCUT2D eigenvalue weighted by Crippen LogP contribution is -2.08. The third-order valence-electron chi connectivity index (χ3n) is 2.85. The lowest BCUT2D eigenvalue weighted by Gasteiger charge is -2.04. The zero-order valence-corrected chi connectivity index (χ0v) is 11.5. The maximum atomic E-state index is 11.6. The largest absolute Gasteiger partial charge is 0.461 e. The van der Waals surface area contributed by atoms with Crippen LogP contribution in [0, 0.1) is 18.3 Å². The maximum Gasteiger partial charge on any atom is 0.358 e. The summed E-state index contributed by atoms with van der Waals surface area (Å²) in [6.07, 6.45) is 0. The van der Waals surface area contributed by atoms with E-state index in [0.29, 0.717) is 24.4 Å². The van der Waals surface area contributed by atoms with E-state index in [4.69, 9.17) is 10.00 Å². The lowest BCUT2D eigenvalue weighted by molar-refractivity contribution is 0.0518. The Morgan fingerprint density at radius 3 is 2.95 bits per heavy atom. The van der Waals surface area contributed by atoms with E-state index in [1.807, 2.05) is 25.1 Å². The van der Waals surface area contributed by atoms with Crippen LogP contribution in [-0.4, -0.2) is 22.4 Å². The van der Waals surface area contributed by atoms with Gasteiger partial charge in [-0.15, -0.1) is 0 Å². The van der Waals surface area contributed by atoms with Gasteiger partial charge in [0.2, 0.25) is 0 Å². The zero-order chi connectivity index (χ0) is 14.5. The van der Waals surface area contributed by atoms with Gasteiger partial charge in [-0.2, -0.15) is 10.4 Å². The molecule has 0 aliphatic rings. The number of carbonyl (C=O) groups is 1. The topological polar surface area (TPSA) is 67.9 Å². The minimum atomic E-state index is -0.417. The number of nitrogens with zero attached hydrogens (tertiary/aromatic N) is 3. The van der Waals surface area contributed by atoms with Crippen molar-refractivity contribution in [1.82, 2.24) is 9.78 Å². The van der Waals surface area contributed by atoms with Gasteiger partial charge in [0.15, 0.2) is 5.69 Å². The zero-order valence-electron chi connectivity index (χ0n) is 11.5. The fraction of sp³-hybridized carbons (Fsp3) is 0.267.